The predicted octanol–water partition coefficient (Wildman–Crippen LogP) is 2.47. The van der Waals surface area contributed by atoms with Crippen LogP contribution in [0.15, 0.2) is 24.3 Å². The first-order valence-corrected chi connectivity index (χ1v) is 6.23. The lowest BCUT2D eigenvalue weighted by molar-refractivity contribution is -0.130. The summed E-state index contributed by atoms with van der Waals surface area (Å²) in [4.78, 5) is 12.1. The SMILES string of the molecule is CC1(C(=O)NCc2ccccc2N)CCCC1. The number of amides is 1. The summed E-state index contributed by atoms with van der Waals surface area (Å²) in [5.74, 6) is 0.165. The highest BCUT2D eigenvalue weighted by atomic mass is 16.2. The van der Waals surface area contributed by atoms with Crippen LogP contribution in [0.5, 0.6) is 0 Å². The van der Waals surface area contributed by atoms with Crippen molar-refractivity contribution in [2.24, 2.45) is 5.41 Å². The molecule has 0 spiro atoms. The third kappa shape index (κ3) is 2.60. The molecule has 0 radical (unpaired) electrons. The quantitative estimate of drug-likeness (QED) is 0.786. The molecule has 1 aromatic carbocycles. The second-order valence-electron chi connectivity index (χ2n) is 5.15. The fourth-order valence-electron chi connectivity index (χ4n) is 2.47. The number of nitrogen functional groups attached to an aromatic ring is 1. The molecule has 1 amide bonds. The Labute approximate surface area is 102 Å². The lowest BCUT2D eigenvalue weighted by Crippen LogP contribution is -2.36. The van der Waals surface area contributed by atoms with Crippen LogP contribution < -0.4 is 11.1 Å². The number of nitrogens with two attached hydrogens (primary N) is 1. The molecule has 0 bridgehead atoms. The minimum Gasteiger partial charge on any atom is -0.398 e. The Morgan fingerprint density at radius 1 is 1.35 bits per heavy atom. The summed E-state index contributed by atoms with van der Waals surface area (Å²) >= 11 is 0. The molecule has 0 aliphatic heterocycles. The van der Waals surface area contributed by atoms with Crippen molar-refractivity contribution in [3.63, 3.8) is 0 Å². The number of hydrogen-bond acceptors (Lipinski definition) is 2. The van der Waals surface area contributed by atoms with Gasteiger partial charge < -0.3 is 11.1 Å². The van der Waals surface area contributed by atoms with E-state index in [1.54, 1.807) is 0 Å². The maximum atomic E-state index is 12.1. The van der Waals surface area contributed by atoms with E-state index in [1.807, 2.05) is 24.3 Å². The second-order valence-corrected chi connectivity index (χ2v) is 5.15. The Morgan fingerprint density at radius 3 is 2.65 bits per heavy atom. The number of anilines is 1. The number of carbonyl (C=O) groups is 1. The normalized spacial score (nSPS) is 17.9. The molecule has 0 aromatic heterocycles. The molecule has 17 heavy (non-hydrogen) atoms. The highest BCUT2D eigenvalue weighted by Crippen LogP contribution is 2.37. The molecule has 1 fully saturated rings. The molecule has 0 saturated heterocycles. The van der Waals surface area contributed by atoms with Crippen LogP contribution in [-0.2, 0) is 11.3 Å². The van der Waals surface area contributed by atoms with Gasteiger partial charge in [0.05, 0.1) is 0 Å². The summed E-state index contributed by atoms with van der Waals surface area (Å²) in [5.41, 5.74) is 7.41. The van der Waals surface area contributed by atoms with Gasteiger partial charge in [-0.1, -0.05) is 38.0 Å². The molecular formula is C14H20N2O. The van der Waals surface area contributed by atoms with Gasteiger partial charge in [-0.25, -0.2) is 0 Å². The van der Waals surface area contributed by atoms with E-state index in [0.717, 1.165) is 36.9 Å². The van der Waals surface area contributed by atoms with Gasteiger partial charge in [0, 0.05) is 17.6 Å². The van der Waals surface area contributed by atoms with Crippen LogP contribution in [0.25, 0.3) is 0 Å². The van der Waals surface area contributed by atoms with Crippen molar-refractivity contribution < 1.29 is 4.79 Å². The second kappa shape index (κ2) is 4.78. The smallest absolute Gasteiger partial charge is 0.226 e. The van der Waals surface area contributed by atoms with Crippen LogP contribution in [0.3, 0.4) is 0 Å². The van der Waals surface area contributed by atoms with Crippen molar-refractivity contribution in [2.45, 2.75) is 39.2 Å². The zero-order valence-electron chi connectivity index (χ0n) is 10.3. The first-order chi connectivity index (χ1) is 8.12. The van der Waals surface area contributed by atoms with Gasteiger partial charge >= 0.3 is 0 Å². The number of para-hydroxylation sites is 1. The fraction of sp³-hybridized carbons (Fsp3) is 0.500. The molecule has 1 aromatic rings. The molecule has 1 saturated carbocycles. The molecule has 0 atom stereocenters. The van der Waals surface area contributed by atoms with E-state index in [-0.39, 0.29) is 11.3 Å². The zero-order chi connectivity index (χ0) is 12.3. The Balaban J connectivity index is 1.94. The number of nitrogens with one attached hydrogen (secondary N) is 1. The summed E-state index contributed by atoms with van der Waals surface area (Å²) in [6.45, 7) is 2.59. The monoisotopic (exact) mass is 232 g/mol. The van der Waals surface area contributed by atoms with Gasteiger partial charge in [-0.2, -0.15) is 0 Å². The largest absolute Gasteiger partial charge is 0.398 e. The predicted molar refractivity (Wildman–Crippen MR) is 69.3 cm³/mol. The van der Waals surface area contributed by atoms with E-state index >= 15 is 0 Å². The van der Waals surface area contributed by atoms with E-state index in [9.17, 15) is 4.79 Å². The zero-order valence-corrected chi connectivity index (χ0v) is 10.3. The van der Waals surface area contributed by atoms with Crippen molar-refractivity contribution >= 4 is 11.6 Å². The Kier molecular flexibility index (Phi) is 3.36. The highest BCUT2D eigenvalue weighted by Gasteiger charge is 2.35. The summed E-state index contributed by atoms with van der Waals surface area (Å²) in [6.07, 6.45) is 4.33. The van der Waals surface area contributed by atoms with Gasteiger partial charge in [-0.15, -0.1) is 0 Å². The molecule has 92 valence electrons. The van der Waals surface area contributed by atoms with Gasteiger partial charge in [0.15, 0.2) is 0 Å². The van der Waals surface area contributed by atoms with E-state index in [0.29, 0.717) is 6.54 Å². The minimum atomic E-state index is -0.163. The molecule has 1 aliphatic carbocycles. The Morgan fingerprint density at radius 2 is 2.00 bits per heavy atom. The molecule has 0 heterocycles. The van der Waals surface area contributed by atoms with Crippen LogP contribution in [0, 0.1) is 5.41 Å². The third-order valence-corrected chi connectivity index (χ3v) is 3.75. The first kappa shape index (κ1) is 12.0. The topological polar surface area (TPSA) is 55.1 Å². The fourth-order valence-corrected chi connectivity index (χ4v) is 2.47. The maximum Gasteiger partial charge on any atom is 0.226 e. The number of carbonyl (C=O) groups excluding carboxylic acids is 1. The van der Waals surface area contributed by atoms with E-state index < -0.39 is 0 Å². The lowest BCUT2D eigenvalue weighted by Gasteiger charge is -2.22. The highest BCUT2D eigenvalue weighted by molar-refractivity contribution is 5.82. The van der Waals surface area contributed by atoms with Crippen LogP contribution in [0.1, 0.15) is 38.2 Å². The lowest BCUT2D eigenvalue weighted by atomic mass is 9.88. The van der Waals surface area contributed by atoms with Gasteiger partial charge in [-0.05, 0) is 24.5 Å². The van der Waals surface area contributed by atoms with Crippen LogP contribution in [-0.4, -0.2) is 5.91 Å². The van der Waals surface area contributed by atoms with Crippen molar-refractivity contribution in [3.05, 3.63) is 29.8 Å². The first-order valence-electron chi connectivity index (χ1n) is 6.23. The Hall–Kier alpha value is -1.51. The number of rotatable bonds is 3. The van der Waals surface area contributed by atoms with Gasteiger partial charge in [0.25, 0.3) is 0 Å². The summed E-state index contributed by atoms with van der Waals surface area (Å²) < 4.78 is 0. The average Bonchev–Trinajstić information content (AvgIpc) is 2.76. The number of hydrogen-bond donors (Lipinski definition) is 2. The maximum absolute atomic E-state index is 12.1. The van der Waals surface area contributed by atoms with Crippen LogP contribution in [0.4, 0.5) is 5.69 Å². The summed E-state index contributed by atoms with van der Waals surface area (Å²) in [7, 11) is 0. The van der Waals surface area contributed by atoms with Crippen molar-refractivity contribution in [2.75, 3.05) is 5.73 Å². The number of benzene rings is 1. The van der Waals surface area contributed by atoms with Crippen molar-refractivity contribution in [1.29, 1.82) is 0 Å². The van der Waals surface area contributed by atoms with Gasteiger partial charge in [0.2, 0.25) is 5.91 Å². The average molecular weight is 232 g/mol. The molecular weight excluding hydrogens is 212 g/mol. The Bertz CT molecular complexity index is 408. The van der Waals surface area contributed by atoms with Gasteiger partial charge in [-0.3, -0.25) is 4.79 Å². The van der Waals surface area contributed by atoms with Crippen LogP contribution in [0.2, 0.25) is 0 Å². The molecule has 1 aliphatic rings. The minimum absolute atomic E-state index is 0.163. The van der Waals surface area contributed by atoms with Crippen molar-refractivity contribution in [3.8, 4) is 0 Å². The molecule has 3 heteroatoms. The molecule has 3 N–H and O–H groups in total. The van der Waals surface area contributed by atoms with E-state index in [2.05, 4.69) is 12.2 Å². The van der Waals surface area contributed by atoms with Crippen molar-refractivity contribution in [1.82, 2.24) is 5.32 Å². The van der Waals surface area contributed by atoms with E-state index in [4.69, 9.17) is 5.73 Å². The summed E-state index contributed by atoms with van der Waals surface area (Å²) in [5, 5.41) is 3.00. The molecule has 3 nitrogen and oxygen atoms in total. The third-order valence-electron chi connectivity index (χ3n) is 3.75. The standard InChI is InChI=1S/C14H20N2O/c1-14(8-4-5-9-14)13(17)16-10-11-6-2-3-7-12(11)15/h2-3,6-7H,4-5,8-10,15H2,1H3,(H,16,17). The molecule has 0 unspecified atom stereocenters. The van der Waals surface area contributed by atoms with Gasteiger partial charge in [0.1, 0.15) is 0 Å². The van der Waals surface area contributed by atoms with Crippen LogP contribution >= 0.6 is 0 Å². The molecule has 2 rings (SSSR count). The van der Waals surface area contributed by atoms with E-state index in [1.165, 1.54) is 0 Å². The summed E-state index contributed by atoms with van der Waals surface area (Å²) in [6, 6.07) is 7.65.